The highest BCUT2D eigenvalue weighted by molar-refractivity contribution is 9.10. The van der Waals surface area contributed by atoms with Crippen LogP contribution in [0, 0.1) is 0 Å². The van der Waals surface area contributed by atoms with Crippen LogP contribution in [0.3, 0.4) is 0 Å². The molecule has 0 spiro atoms. The van der Waals surface area contributed by atoms with E-state index in [1.54, 1.807) is 0 Å². The van der Waals surface area contributed by atoms with Crippen molar-refractivity contribution in [3.8, 4) is 0 Å². The second-order valence-corrected chi connectivity index (χ2v) is 5.23. The number of carbonyl (C=O) groups is 1. The van der Waals surface area contributed by atoms with E-state index in [1.807, 2.05) is 0 Å². The number of anilines is 1. The molecule has 5 nitrogen and oxygen atoms in total. The molecule has 20 heavy (non-hydrogen) atoms. The van der Waals surface area contributed by atoms with Crippen molar-refractivity contribution in [3.63, 3.8) is 0 Å². The molecule has 2 rings (SSSR count). The number of alkyl halides is 3. The van der Waals surface area contributed by atoms with Crippen LogP contribution in [0.4, 0.5) is 23.8 Å². The molecule has 1 aromatic heterocycles. The van der Waals surface area contributed by atoms with Gasteiger partial charge in [-0.25, -0.2) is 9.78 Å². The van der Waals surface area contributed by atoms with Gasteiger partial charge in [-0.05, 0) is 34.5 Å². The standard InChI is InChI=1S/C11H11BrF3N3O2/c12-8-3-6(11(13,14)15)4-9(17-8)16-7-1-2-18(5-7)10(19)20/h3-4,7H,1-2,5H2,(H,16,17)(H,19,20). The lowest BCUT2D eigenvalue weighted by Gasteiger charge is -2.16. The van der Waals surface area contributed by atoms with Gasteiger partial charge in [-0.3, -0.25) is 0 Å². The summed E-state index contributed by atoms with van der Waals surface area (Å²) in [6.07, 6.45) is -4.96. The van der Waals surface area contributed by atoms with E-state index in [2.05, 4.69) is 26.2 Å². The van der Waals surface area contributed by atoms with Gasteiger partial charge in [0.05, 0.1) is 5.56 Å². The number of rotatable bonds is 2. The fourth-order valence-electron chi connectivity index (χ4n) is 2.00. The highest BCUT2D eigenvalue weighted by Crippen LogP contribution is 2.32. The summed E-state index contributed by atoms with van der Waals surface area (Å²) in [4.78, 5) is 15.9. The molecule has 1 amide bonds. The summed E-state index contributed by atoms with van der Waals surface area (Å²) < 4.78 is 38.1. The van der Waals surface area contributed by atoms with Crippen LogP contribution in [0.1, 0.15) is 12.0 Å². The Morgan fingerprint density at radius 3 is 2.75 bits per heavy atom. The maximum absolute atomic E-state index is 12.7. The number of nitrogens with zero attached hydrogens (tertiary/aromatic N) is 2. The number of aromatic nitrogens is 1. The van der Waals surface area contributed by atoms with E-state index >= 15 is 0 Å². The van der Waals surface area contributed by atoms with E-state index in [0.29, 0.717) is 13.0 Å². The Labute approximate surface area is 120 Å². The number of hydrogen-bond acceptors (Lipinski definition) is 3. The normalized spacial score (nSPS) is 19.2. The quantitative estimate of drug-likeness (QED) is 0.802. The summed E-state index contributed by atoms with van der Waals surface area (Å²) in [6, 6.07) is 1.56. The lowest BCUT2D eigenvalue weighted by molar-refractivity contribution is -0.137. The molecule has 1 fully saturated rings. The lowest BCUT2D eigenvalue weighted by Crippen LogP contribution is -2.30. The number of hydrogen-bond donors (Lipinski definition) is 2. The zero-order valence-electron chi connectivity index (χ0n) is 10.1. The van der Waals surface area contributed by atoms with Gasteiger partial charge >= 0.3 is 12.3 Å². The third-order valence-corrected chi connectivity index (χ3v) is 3.34. The Hall–Kier alpha value is -1.51. The third kappa shape index (κ3) is 3.53. The molecule has 0 aromatic carbocycles. The van der Waals surface area contributed by atoms with Gasteiger partial charge in [-0.15, -0.1) is 0 Å². The number of nitrogens with one attached hydrogen (secondary N) is 1. The Balaban J connectivity index is 2.11. The third-order valence-electron chi connectivity index (χ3n) is 2.93. The van der Waals surface area contributed by atoms with Gasteiger partial charge in [0.15, 0.2) is 0 Å². The van der Waals surface area contributed by atoms with Crippen molar-refractivity contribution in [1.82, 2.24) is 9.88 Å². The molecule has 1 aliphatic rings. The lowest BCUT2D eigenvalue weighted by atomic mass is 10.2. The molecular weight excluding hydrogens is 343 g/mol. The van der Waals surface area contributed by atoms with Crippen molar-refractivity contribution in [2.45, 2.75) is 18.6 Å². The van der Waals surface area contributed by atoms with Crippen LogP contribution in [0.25, 0.3) is 0 Å². The van der Waals surface area contributed by atoms with Gasteiger partial charge in [0.1, 0.15) is 10.4 Å². The van der Waals surface area contributed by atoms with E-state index in [1.165, 1.54) is 4.90 Å². The Morgan fingerprint density at radius 1 is 1.50 bits per heavy atom. The number of likely N-dealkylation sites (tertiary alicyclic amines) is 1. The van der Waals surface area contributed by atoms with E-state index in [4.69, 9.17) is 5.11 Å². The molecular formula is C11H11BrF3N3O2. The number of halogens is 4. The number of pyridine rings is 1. The first-order valence-corrected chi connectivity index (χ1v) is 6.54. The first-order valence-electron chi connectivity index (χ1n) is 5.75. The second kappa shape index (κ2) is 5.47. The summed E-state index contributed by atoms with van der Waals surface area (Å²) in [7, 11) is 0. The Bertz CT molecular complexity index is 524. The minimum absolute atomic E-state index is 0.0721. The van der Waals surface area contributed by atoms with Crippen LogP contribution in [0.2, 0.25) is 0 Å². The molecule has 0 bridgehead atoms. The smallest absolute Gasteiger partial charge is 0.416 e. The van der Waals surface area contributed by atoms with Gasteiger partial charge in [0.25, 0.3) is 0 Å². The zero-order valence-corrected chi connectivity index (χ0v) is 11.7. The number of carboxylic acid groups (broad SMARTS) is 1. The van der Waals surface area contributed by atoms with Gasteiger partial charge in [0.2, 0.25) is 0 Å². The molecule has 1 unspecified atom stereocenters. The van der Waals surface area contributed by atoms with Gasteiger partial charge in [-0.1, -0.05) is 0 Å². The van der Waals surface area contributed by atoms with Crippen LogP contribution < -0.4 is 5.32 Å². The minimum Gasteiger partial charge on any atom is -0.465 e. The van der Waals surface area contributed by atoms with E-state index in [0.717, 1.165) is 12.1 Å². The molecule has 2 heterocycles. The van der Waals surface area contributed by atoms with Crippen LogP contribution in [-0.4, -0.2) is 40.2 Å². The van der Waals surface area contributed by atoms with Crippen LogP contribution >= 0.6 is 15.9 Å². The van der Waals surface area contributed by atoms with Crippen molar-refractivity contribution in [2.75, 3.05) is 18.4 Å². The van der Waals surface area contributed by atoms with E-state index < -0.39 is 17.8 Å². The summed E-state index contributed by atoms with van der Waals surface area (Å²) in [5.74, 6) is 0.0731. The highest BCUT2D eigenvalue weighted by atomic mass is 79.9. The molecule has 9 heteroatoms. The average Bonchev–Trinajstić information content (AvgIpc) is 2.75. The summed E-state index contributed by atoms with van der Waals surface area (Å²) in [6.45, 7) is 0.581. The molecule has 110 valence electrons. The maximum atomic E-state index is 12.7. The molecule has 1 aromatic rings. The second-order valence-electron chi connectivity index (χ2n) is 4.42. The fraction of sp³-hybridized carbons (Fsp3) is 0.455. The zero-order chi connectivity index (χ0) is 14.9. The molecule has 0 radical (unpaired) electrons. The van der Waals surface area contributed by atoms with Gasteiger partial charge < -0.3 is 15.3 Å². The average molecular weight is 354 g/mol. The molecule has 1 atom stereocenters. The van der Waals surface area contributed by atoms with Crippen LogP contribution in [0.5, 0.6) is 0 Å². The van der Waals surface area contributed by atoms with Crippen molar-refractivity contribution in [1.29, 1.82) is 0 Å². The number of amides is 1. The predicted molar refractivity (Wildman–Crippen MR) is 68.6 cm³/mol. The van der Waals surface area contributed by atoms with Crippen molar-refractivity contribution >= 4 is 27.8 Å². The summed E-state index contributed by atoms with van der Waals surface area (Å²) in [5, 5.41) is 11.7. The van der Waals surface area contributed by atoms with Crippen LogP contribution in [-0.2, 0) is 6.18 Å². The molecule has 1 aliphatic heterocycles. The van der Waals surface area contributed by atoms with Crippen LogP contribution in [0.15, 0.2) is 16.7 Å². The molecule has 0 saturated carbocycles. The Morgan fingerprint density at radius 2 is 2.20 bits per heavy atom. The van der Waals surface area contributed by atoms with Crippen molar-refractivity contribution in [2.24, 2.45) is 0 Å². The first-order chi connectivity index (χ1) is 9.25. The van der Waals surface area contributed by atoms with Crippen molar-refractivity contribution < 1.29 is 23.1 Å². The fourth-order valence-corrected chi connectivity index (χ4v) is 2.43. The molecule has 0 aliphatic carbocycles. The first kappa shape index (κ1) is 14.9. The Kier molecular flexibility index (Phi) is 4.07. The topological polar surface area (TPSA) is 65.5 Å². The SMILES string of the molecule is O=C(O)N1CCC(Nc2cc(C(F)(F)F)cc(Br)n2)C1. The maximum Gasteiger partial charge on any atom is 0.416 e. The largest absolute Gasteiger partial charge is 0.465 e. The summed E-state index contributed by atoms with van der Waals surface area (Å²) in [5.41, 5.74) is -0.810. The summed E-state index contributed by atoms with van der Waals surface area (Å²) >= 11 is 2.93. The van der Waals surface area contributed by atoms with Gasteiger partial charge in [-0.2, -0.15) is 13.2 Å². The molecule has 1 saturated heterocycles. The van der Waals surface area contributed by atoms with Gasteiger partial charge in [0, 0.05) is 19.1 Å². The monoisotopic (exact) mass is 353 g/mol. The van der Waals surface area contributed by atoms with E-state index in [-0.39, 0.29) is 23.0 Å². The predicted octanol–water partition coefficient (Wildman–Crippen LogP) is 3.03. The van der Waals surface area contributed by atoms with Crippen molar-refractivity contribution in [3.05, 3.63) is 22.3 Å². The molecule has 2 N–H and O–H groups in total. The minimum atomic E-state index is -4.45. The highest BCUT2D eigenvalue weighted by Gasteiger charge is 2.32. The van der Waals surface area contributed by atoms with E-state index in [9.17, 15) is 18.0 Å².